The molecule has 3 rings (SSSR count). The van der Waals surface area contributed by atoms with Crippen molar-refractivity contribution < 1.29 is 0 Å². The summed E-state index contributed by atoms with van der Waals surface area (Å²) >= 11 is 0. The molecule has 1 aliphatic rings. The first kappa shape index (κ1) is 10.4. The van der Waals surface area contributed by atoms with Crippen LogP contribution in [0.15, 0.2) is 42.7 Å². The second-order valence-corrected chi connectivity index (χ2v) is 4.66. The number of nitrogens with zero attached hydrogens (tertiary/aromatic N) is 2. The molecule has 1 atom stereocenters. The van der Waals surface area contributed by atoms with Gasteiger partial charge in [-0.25, -0.2) is 4.98 Å². The third-order valence-electron chi connectivity index (χ3n) is 3.28. The minimum atomic E-state index is 0.319. The predicted octanol–water partition coefficient (Wildman–Crippen LogP) is 3.07. The van der Waals surface area contributed by atoms with E-state index in [1.165, 1.54) is 18.4 Å². The highest BCUT2D eigenvalue weighted by molar-refractivity contribution is 5.33. The van der Waals surface area contributed by atoms with E-state index in [0.717, 1.165) is 5.95 Å². The van der Waals surface area contributed by atoms with E-state index in [1.807, 2.05) is 18.5 Å². The molecule has 3 nitrogen and oxygen atoms in total. The molecule has 0 bridgehead atoms. The van der Waals surface area contributed by atoms with E-state index in [-0.39, 0.29) is 0 Å². The molecular weight excluding hydrogens is 210 g/mol. The minimum Gasteiger partial charge on any atom is -0.353 e. The van der Waals surface area contributed by atoms with E-state index in [4.69, 9.17) is 0 Å². The van der Waals surface area contributed by atoms with Crippen molar-refractivity contribution in [2.75, 3.05) is 5.32 Å². The zero-order valence-corrected chi connectivity index (χ0v) is 10.0. The van der Waals surface area contributed by atoms with Crippen LogP contribution in [-0.4, -0.2) is 15.6 Å². The highest BCUT2D eigenvalue weighted by atomic mass is 15.2. The first-order valence-corrected chi connectivity index (χ1v) is 6.19. The molecule has 1 heterocycles. The number of imidazole rings is 1. The monoisotopic (exact) mass is 227 g/mol. The van der Waals surface area contributed by atoms with Gasteiger partial charge in [0.05, 0.1) is 6.04 Å². The van der Waals surface area contributed by atoms with Gasteiger partial charge in [-0.15, -0.1) is 0 Å². The van der Waals surface area contributed by atoms with Crippen LogP contribution in [0.1, 0.15) is 31.4 Å². The molecule has 1 saturated carbocycles. The van der Waals surface area contributed by atoms with Crippen LogP contribution in [0.4, 0.5) is 5.95 Å². The summed E-state index contributed by atoms with van der Waals surface area (Å²) in [6, 6.07) is 11.5. The maximum atomic E-state index is 4.39. The van der Waals surface area contributed by atoms with Crippen LogP contribution in [0.3, 0.4) is 0 Å². The number of rotatable bonds is 4. The van der Waals surface area contributed by atoms with Crippen LogP contribution >= 0.6 is 0 Å². The number of anilines is 1. The molecule has 1 fully saturated rings. The molecule has 3 heteroatoms. The number of hydrogen-bond donors (Lipinski definition) is 1. The van der Waals surface area contributed by atoms with Crippen molar-refractivity contribution in [3.8, 4) is 0 Å². The van der Waals surface area contributed by atoms with Crippen LogP contribution in [0.2, 0.25) is 0 Å². The summed E-state index contributed by atoms with van der Waals surface area (Å²) in [6.07, 6.45) is 6.45. The van der Waals surface area contributed by atoms with Crippen molar-refractivity contribution >= 4 is 5.95 Å². The molecular formula is C14H17N3. The minimum absolute atomic E-state index is 0.319. The first-order chi connectivity index (χ1) is 8.34. The third kappa shape index (κ3) is 2.18. The van der Waals surface area contributed by atoms with Gasteiger partial charge in [-0.05, 0) is 25.3 Å². The predicted molar refractivity (Wildman–Crippen MR) is 69.1 cm³/mol. The number of aromatic nitrogens is 2. The van der Waals surface area contributed by atoms with Gasteiger partial charge in [-0.1, -0.05) is 30.3 Å². The fraction of sp³-hybridized carbons (Fsp3) is 0.357. The Morgan fingerprint density at radius 3 is 2.76 bits per heavy atom. The Labute approximate surface area is 101 Å². The summed E-state index contributed by atoms with van der Waals surface area (Å²) in [7, 11) is 0. The molecule has 1 unspecified atom stereocenters. The lowest BCUT2D eigenvalue weighted by molar-refractivity contribution is 0.643. The fourth-order valence-corrected chi connectivity index (χ4v) is 2.04. The second kappa shape index (κ2) is 4.24. The molecule has 0 radical (unpaired) electrons. The topological polar surface area (TPSA) is 29.9 Å². The van der Waals surface area contributed by atoms with E-state index >= 15 is 0 Å². The summed E-state index contributed by atoms with van der Waals surface area (Å²) in [5, 5.41) is 3.47. The van der Waals surface area contributed by atoms with E-state index in [9.17, 15) is 0 Å². The van der Waals surface area contributed by atoms with Crippen molar-refractivity contribution in [3.05, 3.63) is 48.3 Å². The highest BCUT2D eigenvalue weighted by Gasteiger charge is 2.23. The summed E-state index contributed by atoms with van der Waals surface area (Å²) < 4.78 is 2.20. The number of hydrogen-bond acceptors (Lipinski definition) is 2. The lowest BCUT2D eigenvalue weighted by Crippen LogP contribution is -2.12. The molecule has 0 spiro atoms. The molecule has 0 aliphatic heterocycles. The van der Waals surface area contributed by atoms with E-state index in [1.54, 1.807) is 0 Å². The Balaban J connectivity index is 1.85. The molecule has 2 aromatic rings. The zero-order chi connectivity index (χ0) is 11.7. The van der Waals surface area contributed by atoms with Gasteiger partial charge >= 0.3 is 0 Å². The van der Waals surface area contributed by atoms with Crippen LogP contribution in [0.5, 0.6) is 0 Å². The molecule has 1 aromatic heterocycles. The van der Waals surface area contributed by atoms with Crippen molar-refractivity contribution in [1.29, 1.82) is 0 Å². The normalized spacial score (nSPS) is 16.8. The van der Waals surface area contributed by atoms with Crippen LogP contribution in [0, 0.1) is 0 Å². The van der Waals surface area contributed by atoms with Crippen molar-refractivity contribution in [1.82, 2.24) is 9.55 Å². The van der Waals surface area contributed by atoms with Crippen molar-refractivity contribution in [2.45, 2.75) is 31.8 Å². The fourth-order valence-electron chi connectivity index (χ4n) is 2.04. The lowest BCUT2D eigenvalue weighted by atomic mass is 10.1. The second-order valence-electron chi connectivity index (χ2n) is 4.66. The first-order valence-electron chi connectivity index (χ1n) is 6.19. The molecule has 1 N–H and O–H groups in total. The van der Waals surface area contributed by atoms with Gasteiger partial charge in [-0.2, -0.15) is 0 Å². The van der Waals surface area contributed by atoms with Crippen LogP contribution in [0.25, 0.3) is 0 Å². The Morgan fingerprint density at radius 1 is 1.29 bits per heavy atom. The molecule has 1 aromatic carbocycles. The van der Waals surface area contributed by atoms with Crippen molar-refractivity contribution in [2.24, 2.45) is 0 Å². The Bertz CT molecular complexity index is 485. The number of benzene rings is 1. The zero-order valence-electron chi connectivity index (χ0n) is 10.0. The smallest absolute Gasteiger partial charge is 0.203 e. The standard InChI is InChI=1S/C14H17N3/c1-11(12-5-3-2-4-6-12)17-10-9-15-14(17)16-13-7-8-13/h2-6,9-11,13H,7-8H2,1H3,(H,15,16). The van der Waals surface area contributed by atoms with E-state index < -0.39 is 0 Å². The molecule has 0 saturated heterocycles. The molecule has 0 amide bonds. The SMILES string of the molecule is CC(c1ccccc1)n1ccnc1NC1CC1. The van der Waals surface area contributed by atoms with Crippen molar-refractivity contribution in [3.63, 3.8) is 0 Å². The molecule has 88 valence electrons. The molecule has 1 aliphatic carbocycles. The Hall–Kier alpha value is -1.77. The lowest BCUT2D eigenvalue weighted by Gasteiger charge is -2.17. The summed E-state index contributed by atoms with van der Waals surface area (Å²) in [5.41, 5.74) is 1.31. The largest absolute Gasteiger partial charge is 0.353 e. The van der Waals surface area contributed by atoms with Gasteiger partial charge < -0.3 is 9.88 Å². The maximum Gasteiger partial charge on any atom is 0.203 e. The highest BCUT2D eigenvalue weighted by Crippen LogP contribution is 2.27. The van der Waals surface area contributed by atoms with Crippen LogP contribution < -0.4 is 5.32 Å². The van der Waals surface area contributed by atoms with Gasteiger partial charge in [0.25, 0.3) is 0 Å². The Morgan fingerprint density at radius 2 is 2.06 bits per heavy atom. The number of nitrogens with one attached hydrogen (secondary N) is 1. The van der Waals surface area contributed by atoms with Gasteiger partial charge in [0.2, 0.25) is 5.95 Å². The third-order valence-corrected chi connectivity index (χ3v) is 3.28. The van der Waals surface area contributed by atoms with Gasteiger partial charge in [-0.3, -0.25) is 0 Å². The van der Waals surface area contributed by atoms with Gasteiger partial charge in [0.1, 0.15) is 0 Å². The average Bonchev–Trinajstić information content (AvgIpc) is 3.06. The quantitative estimate of drug-likeness (QED) is 0.870. The van der Waals surface area contributed by atoms with E-state index in [2.05, 4.69) is 46.1 Å². The van der Waals surface area contributed by atoms with Crippen LogP contribution in [-0.2, 0) is 0 Å². The summed E-state index contributed by atoms with van der Waals surface area (Å²) in [5.74, 6) is 0.990. The summed E-state index contributed by atoms with van der Waals surface area (Å²) in [4.78, 5) is 4.39. The Kier molecular flexibility index (Phi) is 2.59. The maximum absolute atomic E-state index is 4.39. The van der Waals surface area contributed by atoms with E-state index in [0.29, 0.717) is 12.1 Å². The average molecular weight is 227 g/mol. The van der Waals surface area contributed by atoms with Gasteiger partial charge in [0.15, 0.2) is 0 Å². The molecule has 17 heavy (non-hydrogen) atoms. The summed E-state index contributed by atoms with van der Waals surface area (Å²) in [6.45, 7) is 2.20. The van der Waals surface area contributed by atoms with Gasteiger partial charge in [0, 0.05) is 18.4 Å².